The fraction of sp³-hybridized carbons (Fsp3) is 0.364. The lowest BCUT2D eigenvalue weighted by molar-refractivity contribution is -0.115. The Morgan fingerprint density at radius 1 is 1.56 bits per heavy atom. The van der Waals surface area contributed by atoms with Gasteiger partial charge in [-0.25, -0.2) is 0 Å². The van der Waals surface area contributed by atoms with Crippen molar-refractivity contribution in [1.82, 2.24) is 0 Å². The van der Waals surface area contributed by atoms with Gasteiger partial charge in [0.15, 0.2) is 0 Å². The molecule has 0 aliphatic heterocycles. The number of carbonyl (C=O) groups excluding carboxylic acids is 1. The predicted molar refractivity (Wildman–Crippen MR) is 72.3 cm³/mol. The van der Waals surface area contributed by atoms with Crippen molar-refractivity contribution >= 4 is 43.5 Å². The normalized spacial score (nSPS) is 12.0. The summed E-state index contributed by atoms with van der Waals surface area (Å²) >= 11 is 6.67. The summed E-state index contributed by atoms with van der Waals surface area (Å²) < 4.78 is 5.93. The van der Waals surface area contributed by atoms with Crippen LogP contribution >= 0.6 is 31.9 Å². The molecule has 5 heteroatoms. The molecule has 0 bridgehead atoms. The molecule has 1 atom stereocenters. The first-order chi connectivity index (χ1) is 7.58. The van der Waals surface area contributed by atoms with Crippen LogP contribution in [0.4, 0.5) is 5.69 Å². The minimum Gasteiger partial charge on any atom is -0.497 e. The van der Waals surface area contributed by atoms with Crippen LogP contribution in [0.3, 0.4) is 0 Å². The van der Waals surface area contributed by atoms with Gasteiger partial charge >= 0.3 is 0 Å². The van der Waals surface area contributed by atoms with Crippen LogP contribution in [0.15, 0.2) is 22.7 Å². The predicted octanol–water partition coefficient (Wildman–Crippen LogP) is 3.57. The quantitative estimate of drug-likeness (QED) is 0.843. The third-order valence-electron chi connectivity index (χ3n) is 2.07. The highest BCUT2D eigenvalue weighted by Crippen LogP contribution is 2.27. The number of anilines is 1. The van der Waals surface area contributed by atoms with Crippen LogP contribution in [0.2, 0.25) is 0 Å². The van der Waals surface area contributed by atoms with Gasteiger partial charge in [-0.2, -0.15) is 0 Å². The fourth-order valence-corrected chi connectivity index (χ4v) is 1.58. The average molecular weight is 351 g/mol. The van der Waals surface area contributed by atoms with Crippen molar-refractivity contribution in [2.24, 2.45) is 0 Å². The number of carbonyl (C=O) groups is 1. The first-order valence-corrected chi connectivity index (χ1v) is 6.57. The Morgan fingerprint density at radius 3 is 2.81 bits per heavy atom. The minimum absolute atomic E-state index is 0.0588. The molecule has 16 heavy (non-hydrogen) atoms. The van der Waals surface area contributed by atoms with E-state index >= 15 is 0 Å². The molecule has 0 aliphatic carbocycles. The number of benzene rings is 1. The van der Waals surface area contributed by atoms with Crippen molar-refractivity contribution in [3.63, 3.8) is 0 Å². The van der Waals surface area contributed by atoms with Crippen molar-refractivity contribution in [3.05, 3.63) is 22.7 Å². The standard InChI is InChI=1S/C11H13Br2NO2/c1-3-8(12)11(15)14-10-6-7(16-2)4-5-9(10)13/h4-6,8H,3H2,1-2H3,(H,14,15). The zero-order valence-electron chi connectivity index (χ0n) is 9.09. The second-order valence-corrected chi connectivity index (χ2v) is 5.17. The molecule has 1 aromatic rings. The highest BCUT2D eigenvalue weighted by Gasteiger charge is 2.13. The number of amides is 1. The number of alkyl halides is 1. The molecule has 1 amide bonds. The fourth-order valence-electron chi connectivity index (χ4n) is 1.12. The van der Waals surface area contributed by atoms with Crippen LogP contribution in [-0.4, -0.2) is 17.8 Å². The molecule has 1 N–H and O–H groups in total. The molecule has 0 spiro atoms. The summed E-state index contributed by atoms with van der Waals surface area (Å²) in [6.45, 7) is 1.94. The van der Waals surface area contributed by atoms with Gasteiger partial charge in [0.2, 0.25) is 5.91 Å². The van der Waals surface area contributed by atoms with E-state index in [1.807, 2.05) is 19.1 Å². The Bertz CT molecular complexity index is 382. The van der Waals surface area contributed by atoms with Gasteiger partial charge in [-0.15, -0.1) is 0 Å². The Kier molecular flexibility index (Phi) is 5.28. The van der Waals surface area contributed by atoms with Gasteiger partial charge in [0, 0.05) is 10.5 Å². The van der Waals surface area contributed by atoms with E-state index in [4.69, 9.17) is 4.74 Å². The molecule has 0 aliphatic rings. The van der Waals surface area contributed by atoms with E-state index in [1.165, 1.54) is 0 Å². The maximum Gasteiger partial charge on any atom is 0.238 e. The van der Waals surface area contributed by atoms with Crippen LogP contribution in [0.1, 0.15) is 13.3 Å². The van der Waals surface area contributed by atoms with E-state index in [-0.39, 0.29) is 10.7 Å². The summed E-state index contributed by atoms with van der Waals surface area (Å²) in [6, 6.07) is 5.44. The molecule has 88 valence electrons. The third-order valence-corrected chi connectivity index (χ3v) is 3.83. The number of ether oxygens (including phenoxy) is 1. The molecular weight excluding hydrogens is 338 g/mol. The summed E-state index contributed by atoms with van der Waals surface area (Å²) in [4.78, 5) is 11.5. The molecule has 3 nitrogen and oxygen atoms in total. The number of hydrogen-bond acceptors (Lipinski definition) is 2. The van der Waals surface area contributed by atoms with Gasteiger partial charge in [-0.1, -0.05) is 22.9 Å². The number of rotatable bonds is 4. The van der Waals surface area contributed by atoms with E-state index in [1.54, 1.807) is 13.2 Å². The summed E-state index contributed by atoms with van der Waals surface area (Å²) in [5.41, 5.74) is 0.710. The van der Waals surface area contributed by atoms with Crippen LogP contribution in [-0.2, 0) is 4.79 Å². The zero-order chi connectivity index (χ0) is 12.1. The highest BCUT2D eigenvalue weighted by molar-refractivity contribution is 9.10. The maximum absolute atomic E-state index is 11.7. The van der Waals surface area contributed by atoms with E-state index in [0.29, 0.717) is 11.4 Å². The molecule has 0 heterocycles. The SMILES string of the molecule is CCC(Br)C(=O)Nc1cc(OC)ccc1Br. The lowest BCUT2D eigenvalue weighted by Crippen LogP contribution is -2.22. The average Bonchev–Trinajstić information content (AvgIpc) is 2.30. The lowest BCUT2D eigenvalue weighted by atomic mass is 10.2. The third kappa shape index (κ3) is 3.49. The van der Waals surface area contributed by atoms with Crippen LogP contribution in [0, 0.1) is 0 Å². The van der Waals surface area contributed by atoms with Gasteiger partial charge in [0.05, 0.1) is 17.6 Å². The van der Waals surface area contributed by atoms with Crippen LogP contribution in [0.5, 0.6) is 5.75 Å². The molecule has 0 fully saturated rings. The van der Waals surface area contributed by atoms with Crippen molar-refractivity contribution in [2.45, 2.75) is 18.2 Å². The molecule has 0 saturated heterocycles. The number of nitrogens with one attached hydrogen (secondary N) is 1. The lowest BCUT2D eigenvalue weighted by Gasteiger charge is -2.11. The maximum atomic E-state index is 11.7. The summed E-state index contributed by atoms with van der Waals surface area (Å²) in [7, 11) is 1.59. The smallest absolute Gasteiger partial charge is 0.238 e. The van der Waals surface area contributed by atoms with E-state index in [9.17, 15) is 4.79 Å². The molecule has 1 unspecified atom stereocenters. The van der Waals surface area contributed by atoms with Gasteiger partial charge < -0.3 is 10.1 Å². The molecule has 0 aromatic heterocycles. The summed E-state index contributed by atoms with van der Waals surface area (Å²) in [6.07, 6.45) is 0.743. The Labute approximate surface area is 112 Å². The van der Waals surface area contributed by atoms with Gasteiger partial charge in [0.25, 0.3) is 0 Å². The number of halogens is 2. The topological polar surface area (TPSA) is 38.3 Å². The largest absolute Gasteiger partial charge is 0.497 e. The molecule has 1 rings (SSSR count). The Morgan fingerprint density at radius 2 is 2.25 bits per heavy atom. The minimum atomic E-state index is -0.175. The first-order valence-electron chi connectivity index (χ1n) is 4.87. The second-order valence-electron chi connectivity index (χ2n) is 3.21. The molecular formula is C11H13Br2NO2. The van der Waals surface area contributed by atoms with Gasteiger partial charge in [0.1, 0.15) is 5.75 Å². The molecule has 0 radical (unpaired) electrons. The van der Waals surface area contributed by atoms with Gasteiger partial charge in [-0.3, -0.25) is 4.79 Å². The van der Waals surface area contributed by atoms with Gasteiger partial charge in [-0.05, 0) is 34.5 Å². The van der Waals surface area contributed by atoms with E-state index < -0.39 is 0 Å². The Hall–Kier alpha value is -0.550. The van der Waals surface area contributed by atoms with Crippen LogP contribution in [0.25, 0.3) is 0 Å². The highest BCUT2D eigenvalue weighted by atomic mass is 79.9. The summed E-state index contributed by atoms with van der Waals surface area (Å²) in [5.74, 6) is 0.651. The molecule has 1 aromatic carbocycles. The van der Waals surface area contributed by atoms with Crippen molar-refractivity contribution in [2.75, 3.05) is 12.4 Å². The van der Waals surface area contributed by atoms with Crippen LogP contribution < -0.4 is 10.1 Å². The molecule has 0 saturated carbocycles. The first kappa shape index (κ1) is 13.5. The van der Waals surface area contributed by atoms with E-state index in [2.05, 4.69) is 37.2 Å². The van der Waals surface area contributed by atoms with Crippen molar-refractivity contribution < 1.29 is 9.53 Å². The monoisotopic (exact) mass is 349 g/mol. The zero-order valence-corrected chi connectivity index (χ0v) is 12.3. The van der Waals surface area contributed by atoms with Crippen molar-refractivity contribution in [3.8, 4) is 5.75 Å². The van der Waals surface area contributed by atoms with E-state index in [0.717, 1.165) is 10.9 Å². The second kappa shape index (κ2) is 6.25. The van der Waals surface area contributed by atoms with Crippen molar-refractivity contribution in [1.29, 1.82) is 0 Å². The Balaban J connectivity index is 2.83. The number of hydrogen-bond donors (Lipinski definition) is 1. The number of methoxy groups -OCH3 is 1. The summed E-state index contributed by atoms with van der Waals surface area (Å²) in [5, 5.41) is 2.82.